The molecule has 0 N–H and O–H groups in total. The molecule has 0 aromatic carbocycles. The van der Waals surface area contributed by atoms with Crippen molar-refractivity contribution in [2.75, 3.05) is 45.3 Å². The highest BCUT2D eigenvalue weighted by Crippen LogP contribution is 2.39. The second kappa shape index (κ2) is 8.00. The zero-order valence-corrected chi connectivity index (χ0v) is 18.3. The summed E-state index contributed by atoms with van der Waals surface area (Å²) < 4.78 is 31.2. The van der Waals surface area contributed by atoms with Crippen LogP contribution < -0.4 is 0 Å². The molecule has 1 saturated heterocycles. The van der Waals surface area contributed by atoms with Crippen molar-refractivity contribution in [2.45, 2.75) is 50.8 Å². The number of imidazole rings is 1. The van der Waals surface area contributed by atoms with Crippen LogP contribution in [0.1, 0.15) is 43.6 Å². The Morgan fingerprint density at radius 3 is 2.69 bits per heavy atom. The van der Waals surface area contributed by atoms with Gasteiger partial charge in [0.2, 0.25) is 5.91 Å². The molecule has 8 nitrogen and oxygen atoms in total. The van der Waals surface area contributed by atoms with Gasteiger partial charge in [0.05, 0.1) is 18.1 Å². The third kappa shape index (κ3) is 4.83. The Morgan fingerprint density at radius 1 is 1.31 bits per heavy atom. The van der Waals surface area contributed by atoms with Gasteiger partial charge in [-0.1, -0.05) is 0 Å². The van der Waals surface area contributed by atoms with E-state index in [1.54, 1.807) is 4.90 Å². The summed E-state index contributed by atoms with van der Waals surface area (Å²) in [6.07, 6.45) is 7.31. The van der Waals surface area contributed by atoms with Gasteiger partial charge in [-0.15, -0.1) is 0 Å². The van der Waals surface area contributed by atoms with E-state index in [4.69, 9.17) is 9.72 Å². The Balaban J connectivity index is 1.40. The van der Waals surface area contributed by atoms with E-state index in [1.807, 2.05) is 6.20 Å². The summed E-state index contributed by atoms with van der Waals surface area (Å²) in [6.45, 7) is 4.67. The van der Waals surface area contributed by atoms with Crippen molar-refractivity contribution >= 4 is 15.7 Å². The van der Waals surface area contributed by atoms with Crippen LogP contribution in [0.4, 0.5) is 0 Å². The Bertz CT molecular complexity index is 854. The Morgan fingerprint density at radius 2 is 2.03 bits per heavy atom. The number of nitrogens with zero attached hydrogens (tertiary/aromatic N) is 4. The summed E-state index contributed by atoms with van der Waals surface area (Å²) in [5, 5.41) is 0. The molecular formula is C20H32N4O4S. The zero-order valence-electron chi connectivity index (χ0n) is 17.5. The zero-order chi connectivity index (χ0) is 20.6. The molecule has 4 rings (SSSR count). The average molecular weight is 425 g/mol. The maximum atomic E-state index is 12.4. The topological polar surface area (TPSA) is 84.7 Å². The van der Waals surface area contributed by atoms with Crippen molar-refractivity contribution < 1.29 is 17.9 Å². The molecule has 0 unspecified atom stereocenters. The molecule has 1 aromatic rings. The van der Waals surface area contributed by atoms with Crippen molar-refractivity contribution in [3.8, 4) is 0 Å². The minimum absolute atomic E-state index is 0.0544. The molecule has 1 amide bonds. The Hall–Kier alpha value is -1.45. The first kappa shape index (κ1) is 20.8. The highest BCUT2D eigenvalue weighted by Gasteiger charge is 2.44. The molecule has 1 aromatic heterocycles. The molecule has 3 aliphatic rings. The molecule has 2 fully saturated rings. The number of aromatic nitrogens is 2. The summed E-state index contributed by atoms with van der Waals surface area (Å²) in [6, 6.07) is 0. The molecule has 0 radical (unpaired) electrons. The number of carbonyl (C=O) groups is 1. The number of amides is 1. The molecule has 162 valence electrons. The van der Waals surface area contributed by atoms with E-state index in [9.17, 15) is 13.2 Å². The van der Waals surface area contributed by atoms with Crippen LogP contribution in [0.15, 0.2) is 6.20 Å². The maximum Gasteiger partial charge on any atom is 0.223 e. The van der Waals surface area contributed by atoms with Gasteiger partial charge in [-0.05, 0) is 25.8 Å². The lowest BCUT2D eigenvalue weighted by atomic mass is 9.89. The SMILES string of the molecule is CN(Cc1cnc2n1CCOC21CCN(C(=O)CCS(C)(=O)=O)CC1)CC1CC1. The van der Waals surface area contributed by atoms with Crippen LogP contribution in [0, 0.1) is 5.92 Å². The van der Waals surface area contributed by atoms with E-state index < -0.39 is 15.4 Å². The van der Waals surface area contributed by atoms with E-state index in [1.165, 1.54) is 24.8 Å². The van der Waals surface area contributed by atoms with Gasteiger partial charge in [0, 0.05) is 64.4 Å². The van der Waals surface area contributed by atoms with E-state index in [0.29, 0.717) is 32.5 Å². The first-order chi connectivity index (χ1) is 13.8. The van der Waals surface area contributed by atoms with Crippen molar-refractivity contribution in [1.82, 2.24) is 19.4 Å². The Kier molecular flexibility index (Phi) is 5.74. The number of piperidine rings is 1. The summed E-state index contributed by atoms with van der Waals surface area (Å²) in [5.74, 6) is 1.67. The third-order valence-electron chi connectivity index (χ3n) is 6.35. The normalized spacial score (nSPS) is 21.6. The van der Waals surface area contributed by atoms with Crippen LogP contribution >= 0.6 is 0 Å². The minimum atomic E-state index is -3.13. The van der Waals surface area contributed by atoms with E-state index >= 15 is 0 Å². The second-order valence-corrected chi connectivity index (χ2v) is 11.2. The smallest absolute Gasteiger partial charge is 0.223 e. The van der Waals surface area contributed by atoms with Crippen LogP contribution in [0.25, 0.3) is 0 Å². The number of ether oxygens (including phenoxy) is 1. The first-order valence-corrected chi connectivity index (χ1v) is 12.6. The summed E-state index contributed by atoms with van der Waals surface area (Å²) >= 11 is 0. The lowest BCUT2D eigenvalue weighted by Gasteiger charge is -2.43. The maximum absolute atomic E-state index is 12.4. The van der Waals surface area contributed by atoms with Crippen LogP contribution in [0.2, 0.25) is 0 Å². The highest BCUT2D eigenvalue weighted by molar-refractivity contribution is 7.90. The fraction of sp³-hybridized carbons (Fsp3) is 0.800. The fourth-order valence-electron chi connectivity index (χ4n) is 4.55. The number of fused-ring (bicyclic) bond motifs is 2. The van der Waals surface area contributed by atoms with Crippen molar-refractivity contribution in [1.29, 1.82) is 0 Å². The van der Waals surface area contributed by atoms with Gasteiger partial charge in [0.25, 0.3) is 0 Å². The summed E-state index contributed by atoms with van der Waals surface area (Å²) in [7, 11) is -0.951. The lowest BCUT2D eigenvalue weighted by molar-refractivity contribution is -0.143. The molecule has 1 spiro atoms. The van der Waals surface area contributed by atoms with Gasteiger partial charge in [0.1, 0.15) is 21.3 Å². The standard InChI is InChI=1S/C20H32N4O4S/c1-22(14-16-3-4-16)15-17-13-21-19-20(28-11-10-24(17)19)6-8-23(9-7-20)18(25)5-12-29(2,26)27/h13,16H,3-12,14-15H2,1-2H3. The molecule has 29 heavy (non-hydrogen) atoms. The van der Waals surface area contributed by atoms with Gasteiger partial charge >= 0.3 is 0 Å². The molecular weight excluding hydrogens is 392 g/mol. The van der Waals surface area contributed by atoms with Gasteiger partial charge in [-0.25, -0.2) is 13.4 Å². The first-order valence-electron chi connectivity index (χ1n) is 10.6. The molecule has 3 heterocycles. The van der Waals surface area contributed by atoms with Gasteiger partial charge in [-0.2, -0.15) is 0 Å². The average Bonchev–Trinajstić information content (AvgIpc) is 3.38. The van der Waals surface area contributed by atoms with Crippen molar-refractivity contribution in [3.05, 3.63) is 17.7 Å². The van der Waals surface area contributed by atoms with E-state index in [-0.39, 0.29) is 18.1 Å². The summed E-state index contributed by atoms with van der Waals surface area (Å²) in [4.78, 5) is 21.3. The number of hydrogen-bond donors (Lipinski definition) is 0. The lowest BCUT2D eigenvalue weighted by Crippen LogP contribution is -2.50. The number of sulfone groups is 1. The van der Waals surface area contributed by atoms with Crippen molar-refractivity contribution in [2.24, 2.45) is 5.92 Å². The molecule has 1 saturated carbocycles. The van der Waals surface area contributed by atoms with E-state index in [2.05, 4.69) is 16.5 Å². The minimum Gasteiger partial charge on any atom is -0.365 e. The molecule has 9 heteroatoms. The quantitative estimate of drug-likeness (QED) is 0.649. The summed E-state index contributed by atoms with van der Waals surface area (Å²) in [5.41, 5.74) is 0.802. The number of carbonyl (C=O) groups excluding carboxylic acids is 1. The second-order valence-electron chi connectivity index (χ2n) is 8.97. The van der Waals surface area contributed by atoms with Crippen molar-refractivity contribution in [3.63, 3.8) is 0 Å². The van der Waals surface area contributed by atoms with Crippen LogP contribution in [-0.4, -0.2) is 79.0 Å². The van der Waals surface area contributed by atoms with Gasteiger partial charge < -0.3 is 19.1 Å². The predicted molar refractivity (Wildman–Crippen MR) is 109 cm³/mol. The number of rotatable bonds is 7. The van der Waals surface area contributed by atoms with Crippen LogP contribution in [0.3, 0.4) is 0 Å². The molecule has 0 bridgehead atoms. The van der Waals surface area contributed by atoms with Gasteiger partial charge in [-0.3, -0.25) is 4.79 Å². The predicted octanol–water partition coefficient (Wildman–Crippen LogP) is 1.01. The number of likely N-dealkylation sites (tertiary alicyclic amines) is 1. The van der Waals surface area contributed by atoms with Crippen LogP contribution in [0.5, 0.6) is 0 Å². The van der Waals surface area contributed by atoms with Crippen LogP contribution in [-0.2, 0) is 38.1 Å². The molecule has 0 atom stereocenters. The van der Waals surface area contributed by atoms with E-state index in [0.717, 1.165) is 31.4 Å². The number of hydrogen-bond acceptors (Lipinski definition) is 6. The molecule has 2 aliphatic heterocycles. The highest BCUT2D eigenvalue weighted by atomic mass is 32.2. The fourth-order valence-corrected chi connectivity index (χ4v) is 5.09. The third-order valence-corrected chi connectivity index (χ3v) is 7.29. The van der Waals surface area contributed by atoms with Gasteiger partial charge in [0.15, 0.2) is 0 Å². The largest absolute Gasteiger partial charge is 0.365 e. The molecule has 1 aliphatic carbocycles. The monoisotopic (exact) mass is 424 g/mol. The Labute approximate surface area is 173 Å².